The van der Waals surface area contributed by atoms with Crippen molar-refractivity contribution < 1.29 is 9.53 Å². The zero-order valence-electron chi connectivity index (χ0n) is 10.8. The Labute approximate surface area is 108 Å². The molecule has 1 aliphatic carbocycles. The van der Waals surface area contributed by atoms with Gasteiger partial charge in [0.1, 0.15) is 5.60 Å². The minimum Gasteiger partial charge on any atom is -0.457 e. The molecule has 0 aromatic heterocycles. The van der Waals surface area contributed by atoms with E-state index in [0.29, 0.717) is 18.5 Å². The molecule has 0 amide bonds. The summed E-state index contributed by atoms with van der Waals surface area (Å²) in [6.07, 6.45) is 4.02. The molecule has 4 heteroatoms. The van der Waals surface area contributed by atoms with Crippen LogP contribution in [-0.2, 0) is 9.53 Å². The number of carbonyl (C=O) groups excluding carboxylic acids is 1. The van der Waals surface area contributed by atoms with Gasteiger partial charge >= 0.3 is 5.97 Å². The highest BCUT2D eigenvalue weighted by Gasteiger charge is 2.32. The van der Waals surface area contributed by atoms with E-state index in [1.165, 1.54) is 0 Å². The second kappa shape index (κ2) is 4.83. The van der Waals surface area contributed by atoms with E-state index in [0.717, 1.165) is 5.57 Å². The maximum absolute atomic E-state index is 11.9. The van der Waals surface area contributed by atoms with Crippen LogP contribution in [0.5, 0.6) is 0 Å². The Balaban J connectivity index is 2.85. The number of halogens is 1. The number of rotatable bonds is 2. The summed E-state index contributed by atoms with van der Waals surface area (Å²) in [4.78, 5) is 11.3. The van der Waals surface area contributed by atoms with Crippen molar-refractivity contribution in [1.82, 2.24) is 0 Å². The molecule has 2 N–H and O–H groups in total. The molecule has 0 saturated heterocycles. The maximum atomic E-state index is 11.9. The lowest BCUT2D eigenvalue weighted by Gasteiger charge is -2.29. The highest BCUT2D eigenvalue weighted by Crippen LogP contribution is 2.35. The lowest BCUT2D eigenvalue weighted by Crippen LogP contribution is -2.32. The minimum atomic E-state index is -0.588. The fraction of sp³-hybridized carbons (Fsp3) is 0.615. The Hall–Kier alpha value is -0.800. The van der Waals surface area contributed by atoms with Gasteiger partial charge in [0.05, 0.1) is 4.87 Å². The van der Waals surface area contributed by atoms with Crippen molar-refractivity contribution in [2.24, 2.45) is 5.73 Å². The smallest absolute Gasteiger partial charge is 0.334 e. The zero-order chi connectivity index (χ0) is 13.3. The lowest BCUT2D eigenvalue weighted by atomic mass is 9.87. The van der Waals surface area contributed by atoms with Crippen LogP contribution in [0.3, 0.4) is 0 Å². The summed E-state index contributed by atoms with van der Waals surface area (Å²) in [5, 5.41) is 0. The number of hydrogen-bond acceptors (Lipinski definition) is 3. The van der Waals surface area contributed by atoms with Crippen LogP contribution in [0.15, 0.2) is 23.3 Å². The van der Waals surface area contributed by atoms with Gasteiger partial charge in [-0.05, 0) is 33.3 Å². The first-order valence-electron chi connectivity index (χ1n) is 5.68. The molecule has 0 fully saturated rings. The van der Waals surface area contributed by atoms with Gasteiger partial charge in [-0.25, -0.2) is 4.79 Å². The van der Waals surface area contributed by atoms with E-state index in [1.807, 2.05) is 33.8 Å². The second-order valence-electron chi connectivity index (χ2n) is 5.46. The van der Waals surface area contributed by atoms with Gasteiger partial charge in [-0.3, -0.25) is 0 Å². The summed E-state index contributed by atoms with van der Waals surface area (Å²) in [6, 6.07) is 0. The van der Waals surface area contributed by atoms with Crippen molar-refractivity contribution >= 4 is 17.6 Å². The van der Waals surface area contributed by atoms with E-state index in [4.69, 9.17) is 22.1 Å². The fourth-order valence-electron chi connectivity index (χ4n) is 1.67. The lowest BCUT2D eigenvalue weighted by molar-refractivity contribution is -0.150. The third kappa shape index (κ3) is 3.86. The predicted octanol–water partition coefficient (Wildman–Crippen LogP) is 2.54. The normalized spacial score (nSPS) is 25.1. The molecule has 3 nitrogen and oxygen atoms in total. The summed E-state index contributed by atoms with van der Waals surface area (Å²) >= 11 is 6.35. The van der Waals surface area contributed by atoms with Gasteiger partial charge < -0.3 is 10.5 Å². The molecular weight excluding hydrogens is 238 g/mol. The van der Waals surface area contributed by atoms with Crippen molar-refractivity contribution in [2.75, 3.05) is 6.54 Å². The highest BCUT2D eigenvalue weighted by atomic mass is 35.5. The van der Waals surface area contributed by atoms with Gasteiger partial charge in [0.2, 0.25) is 0 Å². The third-order valence-corrected chi connectivity index (χ3v) is 2.94. The van der Waals surface area contributed by atoms with E-state index in [2.05, 4.69) is 0 Å². The van der Waals surface area contributed by atoms with Gasteiger partial charge in [-0.2, -0.15) is 0 Å². The Bertz CT molecular complexity index is 375. The zero-order valence-corrected chi connectivity index (χ0v) is 11.6. The molecule has 0 spiro atoms. The summed E-state index contributed by atoms with van der Waals surface area (Å²) < 4.78 is 5.31. The Morgan fingerprint density at radius 2 is 2.12 bits per heavy atom. The first kappa shape index (κ1) is 14.3. The molecule has 0 aromatic carbocycles. The van der Waals surface area contributed by atoms with Crippen LogP contribution < -0.4 is 5.73 Å². The van der Waals surface area contributed by atoms with Crippen molar-refractivity contribution in [3.8, 4) is 0 Å². The summed E-state index contributed by atoms with van der Waals surface area (Å²) in [6.45, 7) is 7.79. The molecule has 0 radical (unpaired) electrons. The molecule has 0 heterocycles. The minimum absolute atomic E-state index is 0.309. The fourth-order valence-corrected chi connectivity index (χ4v) is 1.95. The first-order valence-corrected chi connectivity index (χ1v) is 6.06. The molecule has 96 valence electrons. The van der Waals surface area contributed by atoms with Gasteiger partial charge in [0, 0.05) is 18.5 Å². The quantitative estimate of drug-likeness (QED) is 0.611. The molecule has 1 rings (SSSR count). The van der Waals surface area contributed by atoms with Crippen LogP contribution in [0.1, 0.15) is 34.1 Å². The molecule has 1 unspecified atom stereocenters. The summed E-state index contributed by atoms with van der Waals surface area (Å²) in [7, 11) is 0. The molecule has 0 aromatic rings. The van der Waals surface area contributed by atoms with Crippen LogP contribution >= 0.6 is 11.6 Å². The van der Waals surface area contributed by atoms with Gasteiger partial charge in [0.15, 0.2) is 0 Å². The van der Waals surface area contributed by atoms with Crippen molar-refractivity contribution in [1.29, 1.82) is 0 Å². The number of alkyl halides is 1. The second-order valence-corrected chi connectivity index (χ2v) is 6.30. The Kier molecular flexibility index (Phi) is 4.05. The average molecular weight is 258 g/mol. The van der Waals surface area contributed by atoms with Crippen molar-refractivity contribution in [3.63, 3.8) is 0 Å². The number of nitrogens with two attached hydrogens (primary N) is 1. The van der Waals surface area contributed by atoms with Gasteiger partial charge in [-0.1, -0.05) is 12.2 Å². The van der Waals surface area contributed by atoms with Crippen LogP contribution in [-0.4, -0.2) is 23.0 Å². The number of allylic oxidation sites excluding steroid dienone is 2. The molecule has 0 bridgehead atoms. The van der Waals surface area contributed by atoms with E-state index in [1.54, 1.807) is 6.08 Å². The average Bonchev–Trinajstić information content (AvgIpc) is 2.13. The monoisotopic (exact) mass is 257 g/mol. The number of ether oxygens (including phenoxy) is 1. The van der Waals surface area contributed by atoms with Crippen LogP contribution in [0, 0.1) is 0 Å². The van der Waals surface area contributed by atoms with Gasteiger partial charge in [0.25, 0.3) is 0 Å². The Morgan fingerprint density at radius 1 is 1.53 bits per heavy atom. The van der Waals surface area contributed by atoms with Crippen LogP contribution in [0.4, 0.5) is 0 Å². The highest BCUT2D eigenvalue weighted by molar-refractivity contribution is 6.26. The molecule has 1 atom stereocenters. The SMILES string of the molecule is CC(C)(C)OC(=O)C1=CC=C(CN)C(C)(Cl)C1. The molecule has 0 saturated carbocycles. The van der Waals surface area contributed by atoms with Crippen LogP contribution in [0.2, 0.25) is 0 Å². The molecule has 0 aliphatic heterocycles. The van der Waals surface area contributed by atoms with Crippen molar-refractivity contribution in [2.45, 2.75) is 44.6 Å². The number of carbonyl (C=O) groups is 1. The Morgan fingerprint density at radius 3 is 2.53 bits per heavy atom. The van der Waals surface area contributed by atoms with E-state index in [9.17, 15) is 4.79 Å². The van der Waals surface area contributed by atoms with E-state index >= 15 is 0 Å². The van der Waals surface area contributed by atoms with E-state index in [-0.39, 0.29) is 5.97 Å². The number of hydrogen-bond donors (Lipinski definition) is 1. The third-order valence-electron chi connectivity index (χ3n) is 2.56. The maximum Gasteiger partial charge on any atom is 0.334 e. The molecular formula is C13H20ClNO2. The predicted molar refractivity (Wildman–Crippen MR) is 69.9 cm³/mol. The first-order chi connectivity index (χ1) is 7.65. The summed E-state index contributed by atoms with van der Waals surface area (Å²) in [5.41, 5.74) is 6.65. The van der Waals surface area contributed by atoms with Crippen molar-refractivity contribution in [3.05, 3.63) is 23.3 Å². The molecule has 17 heavy (non-hydrogen) atoms. The van der Waals surface area contributed by atoms with Crippen LogP contribution in [0.25, 0.3) is 0 Å². The molecule has 1 aliphatic rings. The van der Waals surface area contributed by atoms with E-state index < -0.39 is 10.5 Å². The standard InChI is InChI=1S/C13H20ClNO2/c1-12(2,3)17-11(16)9-5-6-10(8-15)13(4,14)7-9/h5-6H,7-8,15H2,1-4H3. The number of esters is 1. The topological polar surface area (TPSA) is 52.3 Å². The van der Waals surface area contributed by atoms with Gasteiger partial charge in [-0.15, -0.1) is 11.6 Å². The summed E-state index contributed by atoms with van der Waals surface area (Å²) in [5.74, 6) is -0.309. The largest absolute Gasteiger partial charge is 0.457 e.